The van der Waals surface area contributed by atoms with Gasteiger partial charge < -0.3 is 10.2 Å². The molecule has 3 N–H and O–H groups in total. The first-order chi connectivity index (χ1) is 8.17. The predicted molar refractivity (Wildman–Crippen MR) is 68.6 cm³/mol. The number of aromatic nitrogens is 2. The van der Waals surface area contributed by atoms with Gasteiger partial charge in [-0.25, -0.2) is 15.8 Å². The zero-order chi connectivity index (χ0) is 12.8. The van der Waals surface area contributed by atoms with Crippen molar-refractivity contribution in [2.45, 2.75) is 46.1 Å². The van der Waals surface area contributed by atoms with Gasteiger partial charge in [0.05, 0.1) is 0 Å². The molecule has 96 valence electrons. The van der Waals surface area contributed by atoms with Crippen molar-refractivity contribution in [3.8, 4) is 0 Å². The highest BCUT2D eigenvalue weighted by Gasteiger charge is 2.16. The summed E-state index contributed by atoms with van der Waals surface area (Å²) in [6.45, 7) is 6.16. The quantitative estimate of drug-likeness (QED) is 0.586. The minimum Gasteiger partial charge on any atom is -0.373 e. The Morgan fingerprint density at radius 3 is 2.53 bits per heavy atom. The van der Waals surface area contributed by atoms with Crippen LogP contribution in [0.4, 0.5) is 5.82 Å². The van der Waals surface area contributed by atoms with Gasteiger partial charge in [-0.2, -0.15) is 0 Å². The number of ether oxygens (including phenoxy) is 1. The Morgan fingerprint density at radius 2 is 2.06 bits per heavy atom. The van der Waals surface area contributed by atoms with Crippen LogP contribution in [0, 0.1) is 6.92 Å². The number of nitrogens with one attached hydrogen (secondary N) is 1. The number of nitrogens with zero attached hydrogens (tertiary/aromatic N) is 2. The van der Waals surface area contributed by atoms with Crippen LogP contribution in [0.15, 0.2) is 0 Å². The van der Waals surface area contributed by atoms with Gasteiger partial charge in [0.2, 0.25) is 0 Å². The molecule has 0 spiro atoms. The first kappa shape index (κ1) is 13.9. The van der Waals surface area contributed by atoms with Gasteiger partial charge in [0.25, 0.3) is 0 Å². The molecule has 0 radical (unpaired) electrons. The molecule has 5 heteroatoms. The number of hydrogen-bond donors (Lipinski definition) is 2. The Labute approximate surface area is 103 Å². The molecule has 0 aliphatic carbocycles. The van der Waals surface area contributed by atoms with Crippen LogP contribution in [0.25, 0.3) is 0 Å². The number of anilines is 1. The lowest BCUT2D eigenvalue weighted by molar-refractivity contribution is 0.0875. The Balaban J connectivity index is 3.15. The number of hydrogen-bond acceptors (Lipinski definition) is 5. The third-order valence-corrected chi connectivity index (χ3v) is 2.86. The van der Waals surface area contributed by atoms with Crippen LogP contribution in [0.5, 0.6) is 0 Å². The summed E-state index contributed by atoms with van der Waals surface area (Å²) in [7, 11) is 1.69. The largest absolute Gasteiger partial charge is 0.373 e. The Bertz CT molecular complexity index is 343. The topological polar surface area (TPSA) is 73.1 Å². The molecular weight excluding hydrogens is 216 g/mol. The first-order valence-corrected chi connectivity index (χ1v) is 6.04. The highest BCUT2D eigenvalue weighted by molar-refractivity contribution is 5.44. The van der Waals surface area contributed by atoms with Gasteiger partial charge in [-0.05, 0) is 19.8 Å². The van der Waals surface area contributed by atoms with Crippen molar-refractivity contribution in [1.82, 2.24) is 9.97 Å². The highest BCUT2D eigenvalue weighted by Crippen LogP contribution is 2.23. The van der Waals surface area contributed by atoms with Crippen molar-refractivity contribution in [2.75, 3.05) is 12.5 Å². The van der Waals surface area contributed by atoms with E-state index in [1.54, 1.807) is 7.11 Å². The van der Waals surface area contributed by atoms with Crippen LogP contribution in [0.1, 0.15) is 49.9 Å². The fourth-order valence-electron chi connectivity index (χ4n) is 1.83. The second-order valence-corrected chi connectivity index (χ2v) is 4.01. The molecule has 0 saturated carbocycles. The molecule has 1 rings (SSSR count). The van der Waals surface area contributed by atoms with E-state index in [0.717, 1.165) is 30.5 Å². The van der Waals surface area contributed by atoms with Gasteiger partial charge in [-0.1, -0.05) is 20.3 Å². The Morgan fingerprint density at radius 1 is 1.35 bits per heavy atom. The lowest BCUT2D eigenvalue weighted by Gasteiger charge is -2.16. The summed E-state index contributed by atoms with van der Waals surface area (Å²) < 4.78 is 5.42. The molecule has 1 unspecified atom stereocenters. The van der Waals surface area contributed by atoms with Gasteiger partial charge in [0.15, 0.2) is 5.82 Å². The first-order valence-electron chi connectivity index (χ1n) is 6.04. The maximum absolute atomic E-state index is 5.48. The average molecular weight is 238 g/mol. The Hall–Kier alpha value is -1.20. The zero-order valence-corrected chi connectivity index (χ0v) is 11.1. The van der Waals surface area contributed by atoms with Gasteiger partial charge >= 0.3 is 0 Å². The van der Waals surface area contributed by atoms with Crippen LogP contribution >= 0.6 is 0 Å². The molecular formula is C12H22N4O. The maximum atomic E-state index is 5.48. The maximum Gasteiger partial charge on any atom is 0.159 e. The van der Waals surface area contributed by atoms with E-state index >= 15 is 0 Å². The minimum atomic E-state index is -0.0574. The average Bonchev–Trinajstić information content (AvgIpc) is 2.36. The highest BCUT2D eigenvalue weighted by atomic mass is 16.5. The van der Waals surface area contributed by atoms with E-state index in [1.807, 2.05) is 6.92 Å². The lowest BCUT2D eigenvalue weighted by Crippen LogP contribution is -2.16. The summed E-state index contributed by atoms with van der Waals surface area (Å²) in [6, 6.07) is 0. The molecule has 0 amide bonds. The SMILES string of the molecule is CCCC(OC)c1nc(CC)c(C)c(NN)n1. The summed E-state index contributed by atoms with van der Waals surface area (Å²) in [5.41, 5.74) is 4.64. The number of aryl methyl sites for hydroxylation is 1. The van der Waals surface area contributed by atoms with Crippen LogP contribution in [-0.4, -0.2) is 17.1 Å². The molecule has 0 fully saturated rings. The van der Waals surface area contributed by atoms with Crippen molar-refractivity contribution < 1.29 is 4.74 Å². The normalized spacial score (nSPS) is 12.5. The fourth-order valence-corrected chi connectivity index (χ4v) is 1.83. The number of hydrazine groups is 1. The van der Waals surface area contributed by atoms with Gasteiger partial charge in [0, 0.05) is 18.4 Å². The molecule has 1 heterocycles. The summed E-state index contributed by atoms with van der Waals surface area (Å²) in [5.74, 6) is 6.88. The molecule has 0 saturated heterocycles. The van der Waals surface area contributed by atoms with Crippen LogP contribution < -0.4 is 11.3 Å². The predicted octanol–water partition coefficient (Wildman–Crippen LogP) is 2.12. The molecule has 0 aromatic carbocycles. The molecule has 0 bridgehead atoms. The van der Waals surface area contributed by atoms with Gasteiger partial charge in [-0.3, -0.25) is 0 Å². The minimum absolute atomic E-state index is 0.0574. The van der Waals surface area contributed by atoms with E-state index in [1.165, 1.54) is 0 Å². The molecule has 1 aromatic heterocycles. The molecule has 0 aliphatic heterocycles. The van der Waals surface area contributed by atoms with E-state index in [2.05, 4.69) is 29.2 Å². The summed E-state index contributed by atoms with van der Waals surface area (Å²) >= 11 is 0. The number of nitrogen functional groups attached to an aromatic ring is 1. The molecule has 17 heavy (non-hydrogen) atoms. The van der Waals surface area contributed by atoms with Gasteiger partial charge in [0.1, 0.15) is 11.9 Å². The molecule has 1 aromatic rings. The van der Waals surface area contributed by atoms with E-state index in [4.69, 9.17) is 10.6 Å². The van der Waals surface area contributed by atoms with E-state index < -0.39 is 0 Å². The van der Waals surface area contributed by atoms with Crippen molar-refractivity contribution in [3.05, 3.63) is 17.1 Å². The molecule has 1 atom stereocenters. The number of rotatable bonds is 6. The van der Waals surface area contributed by atoms with Crippen LogP contribution in [0.3, 0.4) is 0 Å². The summed E-state index contributed by atoms with van der Waals surface area (Å²) in [5, 5.41) is 0. The molecule has 0 aliphatic rings. The van der Waals surface area contributed by atoms with Crippen molar-refractivity contribution in [3.63, 3.8) is 0 Å². The smallest absolute Gasteiger partial charge is 0.159 e. The third-order valence-electron chi connectivity index (χ3n) is 2.86. The Kier molecular flexibility index (Phi) is 5.31. The second kappa shape index (κ2) is 6.51. The van der Waals surface area contributed by atoms with Crippen molar-refractivity contribution >= 4 is 5.82 Å². The fraction of sp³-hybridized carbons (Fsp3) is 0.667. The zero-order valence-electron chi connectivity index (χ0n) is 11.1. The monoisotopic (exact) mass is 238 g/mol. The summed E-state index contributed by atoms with van der Waals surface area (Å²) in [4.78, 5) is 8.97. The van der Waals surface area contributed by atoms with E-state index in [0.29, 0.717) is 11.6 Å². The standard InChI is InChI=1S/C12H22N4O/c1-5-7-10(17-4)12-14-9(6-2)8(3)11(15-12)16-13/h10H,5-7,13H2,1-4H3,(H,14,15,16). The van der Waals surface area contributed by atoms with Crippen molar-refractivity contribution in [2.24, 2.45) is 5.84 Å². The lowest BCUT2D eigenvalue weighted by atomic mass is 10.1. The second-order valence-electron chi connectivity index (χ2n) is 4.01. The van der Waals surface area contributed by atoms with Crippen LogP contribution in [0.2, 0.25) is 0 Å². The van der Waals surface area contributed by atoms with Gasteiger partial charge in [-0.15, -0.1) is 0 Å². The number of methoxy groups -OCH3 is 1. The van der Waals surface area contributed by atoms with Crippen LogP contribution in [-0.2, 0) is 11.2 Å². The third kappa shape index (κ3) is 3.14. The molecule has 5 nitrogen and oxygen atoms in total. The summed E-state index contributed by atoms with van der Waals surface area (Å²) in [6.07, 6.45) is 2.74. The van der Waals surface area contributed by atoms with E-state index in [9.17, 15) is 0 Å². The number of nitrogens with two attached hydrogens (primary N) is 1. The van der Waals surface area contributed by atoms with Crippen molar-refractivity contribution in [1.29, 1.82) is 0 Å². The van der Waals surface area contributed by atoms with E-state index in [-0.39, 0.29) is 6.10 Å².